The van der Waals surface area contributed by atoms with E-state index < -0.39 is 0 Å². The largest absolute Gasteiger partial charge is 0.345 e. The van der Waals surface area contributed by atoms with Crippen LogP contribution in [0.25, 0.3) is 11.4 Å². The molecule has 1 aromatic carbocycles. The highest BCUT2D eigenvalue weighted by Gasteiger charge is 2.12. The molecule has 0 unspecified atom stereocenters. The normalized spacial score (nSPS) is 10.8. The van der Waals surface area contributed by atoms with Gasteiger partial charge >= 0.3 is 0 Å². The summed E-state index contributed by atoms with van der Waals surface area (Å²) in [6.45, 7) is 1.37. The minimum absolute atomic E-state index is 0.441. The van der Waals surface area contributed by atoms with Crippen LogP contribution in [-0.2, 0) is 19.6 Å². The molecule has 1 heterocycles. The zero-order valence-electron chi connectivity index (χ0n) is 9.61. The number of nitrogens with zero attached hydrogens (tertiary/aromatic N) is 1. The van der Waals surface area contributed by atoms with E-state index >= 15 is 0 Å². The van der Waals surface area contributed by atoms with E-state index in [2.05, 4.69) is 9.97 Å². The van der Waals surface area contributed by atoms with E-state index in [1.54, 1.807) is 12.4 Å². The highest BCUT2D eigenvalue weighted by molar-refractivity contribution is 5.66. The Morgan fingerprint density at radius 1 is 1.00 bits per heavy atom. The predicted octanol–water partition coefficient (Wildman–Crippen LogP) is 0.453. The number of hydrogen-bond donors (Lipinski definition) is 4. The number of imidazole rings is 1. The molecule has 7 N–H and O–H groups in total. The van der Waals surface area contributed by atoms with E-state index in [-0.39, 0.29) is 0 Å². The Labute approximate surface area is 100 Å². The lowest BCUT2D eigenvalue weighted by Gasteiger charge is -2.13. The molecule has 0 saturated heterocycles. The van der Waals surface area contributed by atoms with E-state index in [9.17, 15) is 0 Å². The molecule has 0 aliphatic heterocycles. The van der Waals surface area contributed by atoms with Gasteiger partial charge in [-0.2, -0.15) is 0 Å². The molecule has 5 nitrogen and oxygen atoms in total. The van der Waals surface area contributed by atoms with Crippen LogP contribution in [0.2, 0.25) is 0 Å². The zero-order chi connectivity index (χ0) is 12.3. The fraction of sp³-hybridized carbons (Fsp3) is 0.250. The number of rotatable bonds is 4. The number of nitrogens with two attached hydrogens (primary N) is 3. The maximum atomic E-state index is 5.78. The molecule has 0 amide bonds. The van der Waals surface area contributed by atoms with Gasteiger partial charge in [-0.25, -0.2) is 4.98 Å². The lowest BCUT2D eigenvalue weighted by atomic mass is 9.96. The van der Waals surface area contributed by atoms with Gasteiger partial charge in [0.1, 0.15) is 5.82 Å². The van der Waals surface area contributed by atoms with Gasteiger partial charge in [0, 0.05) is 37.6 Å². The number of benzene rings is 1. The molecule has 0 saturated carbocycles. The first-order valence-electron chi connectivity index (χ1n) is 5.54. The van der Waals surface area contributed by atoms with Crippen molar-refractivity contribution in [2.75, 3.05) is 0 Å². The van der Waals surface area contributed by atoms with Gasteiger partial charge < -0.3 is 22.2 Å². The van der Waals surface area contributed by atoms with Crippen molar-refractivity contribution in [1.82, 2.24) is 9.97 Å². The lowest BCUT2D eigenvalue weighted by molar-refractivity contribution is 0.985. The second-order valence-corrected chi connectivity index (χ2v) is 3.84. The summed E-state index contributed by atoms with van der Waals surface area (Å²) in [5, 5.41) is 0. The van der Waals surface area contributed by atoms with Crippen LogP contribution in [0, 0.1) is 0 Å². The molecular formula is C12H17N5. The molecule has 0 bridgehead atoms. The van der Waals surface area contributed by atoms with Gasteiger partial charge in [0.25, 0.3) is 0 Å². The highest BCUT2D eigenvalue weighted by atomic mass is 14.9. The third kappa shape index (κ3) is 2.21. The number of H-pyrrole nitrogens is 1. The van der Waals surface area contributed by atoms with Gasteiger partial charge in [0.2, 0.25) is 0 Å². The third-order valence-electron chi connectivity index (χ3n) is 2.77. The molecule has 0 aliphatic rings. The Kier molecular flexibility index (Phi) is 3.53. The fourth-order valence-electron chi connectivity index (χ4n) is 1.99. The van der Waals surface area contributed by atoms with Gasteiger partial charge in [-0.05, 0) is 16.7 Å². The molecule has 2 rings (SSSR count). The molecule has 17 heavy (non-hydrogen) atoms. The van der Waals surface area contributed by atoms with Crippen molar-refractivity contribution in [2.24, 2.45) is 17.2 Å². The minimum Gasteiger partial charge on any atom is -0.345 e. The van der Waals surface area contributed by atoms with Crippen LogP contribution >= 0.6 is 0 Å². The number of nitrogens with one attached hydrogen (secondary N) is 1. The molecule has 0 atom stereocenters. The maximum Gasteiger partial charge on any atom is 0.137 e. The molecule has 90 valence electrons. The quantitative estimate of drug-likeness (QED) is 0.613. The van der Waals surface area contributed by atoms with Crippen LogP contribution in [0.15, 0.2) is 24.5 Å². The second kappa shape index (κ2) is 5.09. The van der Waals surface area contributed by atoms with Crippen LogP contribution < -0.4 is 17.2 Å². The molecule has 0 radical (unpaired) electrons. The van der Waals surface area contributed by atoms with E-state index in [1.165, 1.54) is 0 Å². The highest BCUT2D eigenvalue weighted by Crippen LogP contribution is 2.26. The third-order valence-corrected chi connectivity index (χ3v) is 2.77. The van der Waals surface area contributed by atoms with Crippen molar-refractivity contribution in [3.8, 4) is 11.4 Å². The van der Waals surface area contributed by atoms with Crippen LogP contribution in [0.4, 0.5) is 0 Å². The van der Waals surface area contributed by atoms with Gasteiger partial charge in [-0.1, -0.05) is 12.1 Å². The van der Waals surface area contributed by atoms with Crippen molar-refractivity contribution in [1.29, 1.82) is 0 Å². The van der Waals surface area contributed by atoms with Crippen LogP contribution in [0.5, 0.6) is 0 Å². The van der Waals surface area contributed by atoms with Crippen molar-refractivity contribution in [2.45, 2.75) is 19.6 Å². The number of hydrogen-bond acceptors (Lipinski definition) is 4. The first-order chi connectivity index (χ1) is 8.30. The number of aromatic nitrogens is 2. The average molecular weight is 231 g/mol. The van der Waals surface area contributed by atoms with Gasteiger partial charge in [-0.15, -0.1) is 0 Å². The lowest BCUT2D eigenvalue weighted by Crippen LogP contribution is -2.09. The molecule has 0 aliphatic carbocycles. The van der Waals surface area contributed by atoms with E-state index in [0.717, 1.165) is 28.1 Å². The SMILES string of the molecule is NCc1cc(CN)c(-c2ncc[nH]2)c(CN)c1. The van der Waals surface area contributed by atoms with Gasteiger partial charge in [0.05, 0.1) is 0 Å². The maximum absolute atomic E-state index is 5.78. The first-order valence-corrected chi connectivity index (χ1v) is 5.54. The van der Waals surface area contributed by atoms with Crippen molar-refractivity contribution in [3.05, 3.63) is 41.2 Å². The standard InChI is InChI=1S/C12H17N5/c13-5-8-3-9(6-14)11(10(4-8)7-15)12-16-1-2-17-12/h1-4H,5-7,13-15H2,(H,16,17). The van der Waals surface area contributed by atoms with Gasteiger partial charge in [0.15, 0.2) is 0 Å². The Morgan fingerprint density at radius 3 is 2.06 bits per heavy atom. The Bertz CT molecular complexity index is 465. The Balaban J connectivity index is 2.63. The average Bonchev–Trinajstić information content (AvgIpc) is 2.90. The van der Waals surface area contributed by atoms with Crippen LogP contribution in [0.1, 0.15) is 16.7 Å². The fourth-order valence-corrected chi connectivity index (χ4v) is 1.99. The van der Waals surface area contributed by atoms with Crippen LogP contribution in [0.3, 0.4) is 0 Å². The van der Waals surface area contributed by atoms with Crippen molar-refractivity contribution < 1.29 is 0 Å². The van der Waals surface area contributed by atoms with E-state index in [0.29, 0.717) is 19.6 Å². The minimum atomic E-state index is 0.441. The molecule has 2 aromatic rings. The Morgan fingerprint density at radius 2 is 1.65 bits per heavy atom. The van der Waals surface area contributed by atoms with Gasteiger partial charge in [-0.3, -0.25) is 0 Å². The summed E-state index contributed by atoms with van der Waals surface area (Å²) in [5.74, 6) is 0.800. The Hall–Kier alpha value is -1.69. The monoisotopic (exact) mass is 231 g/mol. The molecule has 0 fully saturated rings. The van der Waals surface area contributed by atoms with Crippen molar-refractivity contribution in [3.63, 3.8) is 0 Å². The first kappa shape index (κ1) is 11.8. The predicted molar refractivity (Wildman–Crippen MR) is 67.7 cm³/mol. The summed E-state index contributed by atoms with van der Waals surface area (Å²) in [6, 6.07) is 4.02. The van der Waals surface area contributed by atoms with Crippen LogP contribution in [-0.4, -0.2) is 9.97 Å². The molecule has 0 spiro atoms. The zero-order valence-corrected chi connectivity index (χ0v) is 9.61. The number of aromatic amines is 1. The summed E-state index contributed by atoms with van der Waals surface area (Å²) in [7, 11) is 0. The summed E-state index contributed by atoms with van der Waals surface area (Å²) in [4.78, 5) is 7.35. The second-order valence-electron chi connectivity index (χ2n) is 3.84. The molecular weight excluding hydrogens is 214 g/mol. The molecule has 5 heteroatoms. The summed E-state index contributed by atoms with van der Waals surface area (Å²) in [6.07, 6.45) is 3.50. The van der Waals surface area contributed by atoms with Crippen molar-refractivity contribution >= 4 is 0 Å². The van der Waals surface area contributed by atoms with E-state index in [1.807, 2.05) is 12.1 Å². The summed E-state index contributed by atoms with van der Waals surface area (Å²) in [5.41, 5.74) is 21.3. The smallest absolute Gasteiger partial charge is 0.137 e. The summed E-state index contributed by atoms with van der Waals surface area (Å²) < 4.78 is 0. The molecule has 1 aromatic heterocycles. The van der Waals surface area contributed by atoms with E-state index in [4.69, 9.17) is 17.2 Å². The topological polar surface area (TPSA) is 107 Å². The summed E-state index contributed by atoms with van der Waals surface area (Å²) >= 11 is 0.